The fraction of sp³-hybridized carbons (Fsp3) is 0.133. The molecule has 0 atom stereocenters. The smallest absolute Gasteiger partial charge is 0.416 e. The van der Waals surface area contributed by atoms with Crippen molar-refractivity contribution in [2.24, 2.45) is 0 Å². The van der Waals surface area contributed by atoms with Gasteiger partial charge in [0.1, 0.15) is 12.4 Å². The molecule has 0 bridgehead atoms. The van der Waals surface area contributed by atoms with Gasteiger partial charge in [0.2, 0.25) is 0 Å². The predicted molar refractivity (Wildman–Crippen MR) is 74.6 cm³/mol. The topological polar surface area (TPSA) is 35.5 Å². The van der Waals surface area contributed by atoms with Gasteiger partial charge in [-0.15, -0.1) is 0 Å². The quantitative estimate of drug-likeness (QED) is 0.704. The largest absolute Gasteiger partial charge is 0.506 e. The maximum absolute atomic E-state index is 12.8. The Hall–Kier alpha value is -2.58. The summed E-state index contributed by atoms with van der Waals surface area (Å²) >= 11 is 0. The number of hydrogen-bond acceptors (Lipinski definition) is 3. The van der Waals surface area contributed by atoms with Crippen molar-refractivity contribution in [2.75, 3.05) is 10.2 Å². The molecule has 3 nitrogen and oxygen atoms in total. The van der Waals surface area contributed by atoms with Gasteiger partial charge in [0.15, 0.2) is 0 Å². The molecule has 2 aromatic carbocycles. The SMILES string of the molecule is Oc1ccc(C(F)(F)F)cc1N1[CH]Nc2cc(C(F)(F)F)ccc21. The van der Waals surface area contributed by atoms with E-state index in [2.05, 4.69) is 5.32 Å². The minimum Gasteiger partial charge on any atom is -0.506 e. The molecule has 0 saturated heterocycles. The highest BCUT2D eigenvalue weighted by molar-refractivity contribution is 5.86. The summed E-state index contributed by atoms with van der Waals surface area (Å²) in [7, 11) is 0. The highest BCUT2D eigenvalue weighted by atomic mass is 19.4. The summed E-state index contributed by atoms with van der Waals surface area (Å²) in [4.78, 5) is 1.15. The third-order valence-electron chi connectivity index (χ3n) is 3.49. The first kappa shape index (κ1) is 16.3. The number of hydrogen-bond donors (Lipinski definition) is 2. The molecule has 2 N–H and O–H groups in total. The Morgan fingerprint density at radius 2 is 1.38 bits per heavy atom. The molecule has 9 heteroatoms. The lowest BCUT2D eigenvalue weighted by atomic mass is 10.1. The minimum atomic E-state index is -4.61. The van der Waals surface area contributed by atoms with Gasteiger partial charge >= 0.3 is 12.4 Å². The molecule has 0 aliphatic carbocycles. The van der Waals surface area contributed by atoms with Crippen LogP contribution in [-0.4, -0.2) is 5.11 Å². The van der Waals surface area contributed by atoms with Gasteiger partial charge < -0.3 is 15.3 Å². The van der Waals surface area contributed by atoms with E-state index in [0.29, 0.717) is 0 Å². The number of alkyl halides is 6. The minimum absolute atomic E-state index is 0.0710. The number of nitrogens with one attached hydrogen (secondary N) is 1. The fourth-order valence-corrected chi connectivity index (χ4v) is 2.33. The molecular formula is C15H9F6N2O. The van der Waals surface area contributed by atoms with E-state index >= 15 is 0 Å². The van der Waals surface area contributed by atoms with Gasteiger partial charge in [-0.1, -0.05) is 0 Å². The van der Waals surface area contributed by atoms with E-state index in [1.165, 1.54) is 6.67 Å². The molecule has 0 fully saturated rings. The summed E-state index contributed by atoms with van der Waals surface area (Å²) in [5.41, 5.74) is -1.81. The number of aromatic hydroxyl groups is 1. The van der Waals surface area contributed by atoms with E-state index in [-0.39, 0.29) is 17.1 Å². The van der Waals surface area contributed by atoms with Crippen molar-refractivity contribution in [3.8, 4) is 5.75 Å². The molecule has 3 rings (SSSR count). The second-order valence-corrected chi connectivity index (χ2v) is 5.07. The number of fused-ring (bicyclic) bond motifs is 1. The molecule has 0 spiro atoms. The van der Waals surface area contributed by atoms with Crippen molar-refractivity contribution in [3.05, 3.63) is 54.2 Å². The van der Waals surface area contributed by atoms with Gasteiger partial charge in [-0.05, 0) is 36.4 Å². The van der Waals surface area contributed by atoms with Crippen LogP contribution in [0.5, 0.6) is 5.75 Å². The molecule has 2 aromatic rings. The third-order valence-corrected chi connectivity index (χ3v) is 3.49. The number of rotatable bonds is 1. The molecule has 127 valence electrons. The first-order valence-corrected chi connectivity index (χ1v) is 6.58. The van der Waals surface area contributed by atoms with Crippen LogP contribution in [0.1, 0.15) is 11.1 Å². The van der Waals surface area contributed by atoms with Crippen LogP contribution in [0.15, 0.2) is 36.4 Å². The molecule has 1 aliphatic heterocycles. The molecule has 0 saturated carbocycles. The molecule has 1 radical (unpaired) electrons. The van der Waals surface area contributed by atoms with Crippen molar-refractivity contribution in [3.63, 3.8) is 0 Å². The fourth-order valence-electron chi connectivity index (χ4n) is 2.33. The average molecular weight is 347 g/mol. The van der Waals surface area contributed by atoms with Gasteiger partial charge in [-0.25, -0.2) is 0 Å². The van der Waals surface area contributed by atoms with Crippen molar-refractivity contribution in [2.45, 2.75) is 12.4 Å². The Kier molecular flexibility index (Phi) is 3.54. The Morgan fingerprint density at radius 1 is 0.792 bits per heavy atom. The van der Waals surface area contributed by atoms with Crippen LogP contribution >= 0.6 is 0 Å². The lowest BCUT2D eigenvalue weighted by molar-refractivity contribution is -0.138. The van der Waals surface area contributed by atoms with E-state index in [1.54, 1.807) is 0 Å². The number of nitrogens with zero attached hydrogens (tertiary/aromatic N) is 1. The van der Waals surface area contributed by atoms with Gasteiger partial charge in [-0.3, -0.25) is 0 Å². The van der Waals surface area contributed by atoms with Gasteiger partial charge in [0, 0.05) is 0 Å². The van der Waals surface area contributed by atoms with Gasteiger partial charge in [-0.2, -0.15) is 26.3 Å². The summed E-state index contributed by atoms with van der Waals surface area (Å²) in [5.74, 6) is -0.436. The van der Waals surface area contributed by atoms with E-state index in [9.17, 15) is 31.4 Å². The Labute approximate surface area is 132 Å². The highest BCUT2D eigenvalue weighted by Crippen LogP contribution is 2.45. The molecule has 1 aliphatic rings. The lowest BCUT2D eigenvalue weighted by Gasteiger charge is -2.20. The van der Waals surface area contributed by atoms with Crippen molar-refractivity contribution < 1.29 is 31.4 Å². The summed E-state index contributed by atoms with van der Waals surface area (Å²) in [5, 5.41) is 12.4. The molecule has 0 aromatic heterocycles. The van der Waals surface area contributed by atoms with Crippen molar-refractivity contribution in [1.29, 1.82) is 0 Å². The van der Waals surface area contributed by atoms with Gasteiger partial charge in [0.05, 0.1) is 28.2 Å². The maximum atomic E-state index is 12.8. The number of anilines is 3. The predicted octanol–water partition coefficient (Wildman–Crippen LogP) is 5.11. The zero-order valence-corrected chi connectivity index (χ0v) is 11.7. The Balaban J connectivity index is 2.03. The third kappa shape index (κ3) is 2.81. The van der Waals surface area contributed by atoms with Crippen LogP contribution in [0.4, 0.5) is 43.4 Å². The van der Waals surface area contributed by atoms with E-state index in [0.717, 1.165) is 41.3 Å². The standard InChI is InChI=1S/C15H9F6N2O/c16-14(17,18)8-1-3-11-10(5-8)22-7-23(11)12-6-9(15(19,20)21)2-4-13(12)24/h1-7,22,24H. The van der Waals surface area contributed by atoms with Crippen LogP contribution in [0.2, 0.25) is 0 Å². The van der Waals surface area contributed by atoms with E-state index < -0.39 is 29.2 Å². The average Bonchev–Trinajstić information content (AvgIpc) is 2.88. The van der Waals surface area contributed by atoms with Crippen molar-refractivity contribution >= 4 is 17.1 Å². The van der Waals surface area contributed by atoms with E-state index in [4.69, 9.17) is 0 Å². The molecule has 24 heavy (non-hydrogen) atoms. The second kappa shape index (κ2) is 5.22. The first-order chi connectivity index (χ1) is 11.1. The Morgan fingerprint density at radius 3 is 2.00 bits per heavy atom. The number of halogens is 6. The van der Waals surface area contributed by atoms with Gasteiger partial charge in [0.25, 0.3) is 0 Å². The normalized spacial score (nSPS) is 14.5. The second-order valence-electron chi connectivity index (χ2n) is 5.07. The summed E-state index contributed by atoms with van der Waals surface area (Å²) < 4.78 is 76.6. The summed E-state index contributed by atoms with van der Waals surface area (Å²) in [6.07, 6.45) is -9.15. The van der Waals surface area contributed by atoms with Crippen LogP contribution < -0.4 is 10.2 Å². The zero-order valence-electron chi connectivity index (χ0n) is 11.7. The maximum Gasteiger partial charge on any atom is 0.416 e. The lowest BCUT2D eigenvalue weighted by Crippen LogP contribution is -2.13. The first-order valence-electron chi connectivity index (χ1n) is 6.58. The van der Waals surface area contributed by atoms with Crippen LogP contribution in [0.3, 0.4) is 0 Å². The number of phenols is 1. The molecule has 0 unspecified atom stereocenters. The zero-order chi connectivity index (χ0) is 17.7. The monoisotopic (exact) mass is 347 g/mol. The molecule has 1 heterocycles. The molecule has 0 amide bonds. The highest BCUT2D eigenvalue weighted by Gasteiger charge is 2.35. The van der Waals surface area contributed by atoms with Crippen molar-refractivity contribution in [1.82, 2.24) is 0 Å². The van der Waals surface area contributed by atoms with Crippen LogP contribution in [-0.2, 0) is 12.4 Å². The number of phenolic OH excluding ortho intramolecular Hbond substituents is 1. The van der Waals surface area contributed by atoms with Crippen LogP contribution in [0, 0.1) is 6.67 Å². The Bertz CT molecular complexity index is 785. The molecular weight excluding hydrogens is 338 g/mol. The summed E-state index contributed by atoms with van der Waals surface area (Å²) in [6, 6.07) is 5.10. The summed E-state index contributed by atoms with van der Waals surface area (Å²) in [6.45, 7) is 1.18. The number of benzene rings is 2. The van der Waals surface area contributed by atoms with E-state index in [1.807, 2.05) is 0 Å². The van der Waals surface area contributed by atoms with Crippen LogP contribution in [0.25, 0.3) is 0 Å².